The minimum absolute atomic E-state index is 0.0163. The third-order valence-electron chi connectivity index (χ3n) is 2.26. The second-order valence-corrected chi connectivity index (χ2v) is 4.20. The van der Waals surface area contributed by atoms with Gasteiger partial charge in [-0.15, -0.1) is 0 Å². The molecular weight excluding hydrogens is 180 g/mol. The van der Waals surface area contributed by atoms with Crippen LogP contribution in [0.25, 0.3) is 0 Å². The summed E-state index contributed by atoms with van der Waals surface area (Å²) in [4.78, 5) is 2.09. The molecule has 4 nitrogen and oxygen atoms in total. The smallest absolute Gasteiger partial charge is 0.0629 e. The molecule has 0 radical (unpaired) electrons. The molecule has 0 bridgehead atoms. The van der Waals surface area contributed by atoms with Gasteiger partial charge in [-0.25, -0.2) is 0 Å². The van der Waals surface area contributed by atoms with E-state index in [0.29, 0.717) is 12.5 Å². The third-order valence-corrected chi connectivity index (χ3v) is 2.26. The number of likely N-dealkylation sites (N-methyl/N-ethyl adjacent to an activating group) is 1. The Labute approximate surface area is 87.0 Å². The summed E-state index contributed by atoms with van der Waals surface area (Å²) in [7, 11) is 3.60. The molecule has 0 saturated carbocycles. The molecule has 0 aliphatic rings. The first-order valence-electron chi connectivity index (χ1n) is 5.08. The Morgan fingerprint density at radius 2 is 2.00 bits per heavy atom. The van der Waals surface area contributed by atoms with Gasteiger partial charge in [-0.05, 0) is 13.0 Å². The van der Waals surface area contributed by atoms with E-state index < -0.39 is 0 Å². The largest absolute Gasteiger partial charge is 0.395 e. The van der Waals surface area contributed by atoms with E-state index in [1.54, 1.807) is 7.11 Å². The Hall–Kier alpha value is -0.160. The zero-order chi connectivity index (χ0) is 11.1. The van der Waals surface area contributed by atoms with Gasteiger partial charge in [0.15, 0.2) is 0 Å². The Balaban J connectivity index is 4.09. The number of aliphatic hydroxyl groups is 1. The molecule has 3 N–H and O–H groups in total. The van der Waals surface area contributed by atoms with Crippen LogP contribution >= 0.6 is 0 Å². The van der Waals surface area contributed by atoms with Gasteiger partial charge in [-0.1, -0.05) is 13.8 Å². The summed E-state index contributed by atoms with van der Waals surface area (Å²) < 4.78 is 4.98. The predicted octanol–water partition coefficient (Wildman–Crippen LogP) is -0.0912. The van der Waals surface area contributed by atoms with Gasteiger partial charge in [0.05, 0.1) is 13.2 Å². The van der Waals surface area contributed by atoms with E-state index in [1.165, 1.54) is 0 Å². The van der Waals surface area contributed by atoms with Gasteiger partial charge in [0, 0.05) is 25.7 Å². The van der Waals surface area contributed by atoms with Crippen LogP contribution in [0.2, 0.25) is 0 Å². The van der Waals surface area contributed by atoms with Crippen LogP contribution in [0.3, 0.4) is 0 Å². The normalized spacial score (nSPS) is 16.3. The lowest BCUT2D eigenvalue weighted by molar-refractivity contribution is 0.0794. The molecule has 2 atom stereocenters. The van der Waals surface area contributed by atoms with E-state index in [2.05, 4.69) is 18.7 Å². The van der Waals surface area contributed by atoms with Crippen LogP contribution in [-0.4, -0.2) is 56.0 Å². The molecule has 0 spiro atoms. The second-order valence-electron chi connectivity index (χ2n) is 4.20. The highest BCUT2D eigenvalue weighted by Crippen LogP contribution is 2.04. The van der Waals surface area contributed by atoms with Crippen molar-refractivity contribution < 1.29 is 9.84 Å². The fraction of sp³-hybridized carbons (Fsp3) is 1.00. The number of aliphatic hydroxyl groups excluding tert-OH is 1. The summed E-state index contributed by atoms with van der Waals surface area (Å²) in [5.74, 6) is 0.573. The van der Waals surface area contributed by atoms with Crippen LogP contribution in [-0.2, 0) is 4.74 Å². The standard InChI is InChI=1S/C10H24N2O2/c1-8(2)5-12(3)10(6-13)9(11)7-14-4/h8-10,13H,5-7,11H2,1-4H3. The molecule has 0 aliphatic heterocycles. The fourth-order valence-electron chi connectivity index (χ4n) is 1.62. The van der Waals surface area contributed by atoms with Gasteiger partial charge in [-0.2, -0.15) is 0 Å². The highest BCUT2D eigenvalue weighted by atomic mass is 16.5. The van der Waals surface area contributed by atoms with Crippen molar-refractivity contribution in [1.29, 1.82) is 0 Å². The van der Waals surface area contributed by atoms with Crippen molar-refractivity contribution >= 4 is 0 Å². The summed E-state index contributed by atoms with van der Waals surface area (Å²) in [5.41, 5.74) is 5.89. The second kappa shape index (κ2) is 7.17. The Morgan fingerprint density at radius 1 is 1.43 bits per heavy atom. The van der Waals surface area contributed by atoms with Gasteiger partial charge < -0.3 is 15.6 Å². The average molecular weight is 204 g/mol. The lowest BCUT2D eigenvalue weighted by Crippen LogP contribution is -2.51. The number of rotatable bonds is 7. The maximum Gasteiger partial charge on any atom is 0.0629 e. The van der Waals surface area contributed by atoms with E-state index in [-0.39, 0.29) is 18.7 Å². The first-order chi connectivity index (χ1) is 6.52. The van der Waals surface area contributed by atoms with Crippen molar-refractivity contribution in [2.45, 2.75) is 25.9 Å². The lowest BCUT2D eigenvalue weighted by atomic mass is 10.1. The van der Waals surface area contributed by atoms with E-state index in [1.807, 2.05) is 7.05 Å². The van der Waals surface area contributed by atoms with Crippen LogP contribution in [0.5, 0.6) is 0 Å². The SMILES string of the molecule is COCC(N)C(CO)N(C)CC(C)C. The van der Waals surface area contributed by atoms with Crippen molar-refractivity contribution in [3.63, 3.8) is 0 Å². The number of methoxy groups -OCH3 is 1. The zero-order valence-electron chi connectivity index (χ0n) is 9.73. The monoisotopic (exact) mass is 204 g/mol. The van der Waals surface area contributed by atoms with E-state index in [9.17, 15) is 5.11 Å². The van der Waals surface area contributed by atoms with Crippen LogP contribution in [0, 0.1) is 5.92 Å². The highest BCUT2D eigenvalue weighted by Gasteiger charge is 2.21. The summed E-state index contributed by atoms with van der Waals surface area (Å²) in [6.07, 6.45) is 0. The fourth-order valence-corrected chi connectivity index (χ4v) is 1.62. The molecular formula is C10H24N2O2. The number of nitrogens with zero attached hydrogens (tertiary/aromatic N) is 1. The number of nitrogens with two attached hydrogens (primary N) is 1. The molecule has 0 aromatic carbocycles. The van der Waals surface area contributed by atoms with Gasteiger partial charge in [0.2, 0.25) is 0 Å². The quantitative estimate of drug-likeness (QED) is 0.608. The third kappa shape index (κ3) is 4.91. The minimum atomic E-state index is -0.131. The summed E-state index contributed by atoms with van der Waals surface area (Å²) in [6, 6.07) is -0.147. The molecule has 86 valence electrons. The minimum Gasteiger partial charge on any atom is -0.395 e. The lowest BCUT2D eigenvalue weighted by Gasteiger charge is -2.31. The van der Waals surface area contributed by atoms with Crippen LogP contribution < -0.4 is 5.73 Å². The predicted molar refractivity (Wildman–Crippen MR) is 58.2 cm³/mol. The van der Waals surface area contributed by atoms with Gasteiger partial charge >= 0.3 is 0 Å². The van der Waals surface area contributed by atoms with Crippen molar-refractivity contribution in [2.75, 3.05) is 33.9 Å². The zero-order valence-corrected chi connectivity index (χ0v) is 9.73. The number of hydrogen-bond acceptors (Lipinski definition) is 4. The molecule has 4 heteroatoms. The maximum atomic E-state index is 9.23. The molecule has 0 saturated heterocycles. The Morgan fingerprint density at radius 3 is 2.36 bits per heavy atom. The average Bonchev–Trinajstić information content (AvgIpc) is 2.04. The van der Waals surface area contributed by atoms with Crippen LogP contribution in [0.15, 0.2) is 0 Å². The van der Waals surface area contributed by atoms with E-state index >= 15 is 0 Å². The molecule has 0 rings (SSSR count). The highest BCUT2D eigenvalue weighted by molar-refractivity contribution is 4.80. The first kappa shape index (κ1) is 13.8. The molecule has 14 heavy (non-hydrogen) atoms. The number of ether oxygens (including phenoxy) is 1. The van der Waals surface area contributed by atoms with Crippen LogP contribution in [0.1, 0.15) is 13.8 Å². The molecule has 0 aliphatic carbocycles. The van der Waals surface area contributed by atoms with Crippen molar-refractivity contribution in [2.24, 2.45) is 11.7 Å². The Bertz CT molecular complexity index is 142. The summed E-state index contributed by atoms with van der Waals surface area (Å²) in [6.45, 7) is 5.78. The van der Waals surface area contributed by atoms with E-state index in [4.69, 9.17) is 10.5 Å². The van der Waals surface area contributed by atoms with Crippen molar-refractivity contribution in [3.05, 3.63) is 0 Å². The summed E-state index contributed by atoms with van der Waals surface area (Å²) in [5, 5.41) is 9.23. The van der Waals surface area contributed by atoms with E-state index in [0.717, 1.165) is 6.54 Å². The Kier molecular flexibility index (Phi) is 7.09. The van der Waals surface area contributed by atoms with Gasteiger partial charge in [-0.3, -0.25) is 4.90 Å². The molecule has 2 unspecified atom stereocenters. The molecule has 0 amide bonds. The first-order valence-corrected chi connectivity index (χ1v) is 5.08. The maximum absolute atomic E-state index is 9.23. The molecule has 0 heterocycles. The van der Waals surface area contributed by atoms with Gasteiger partial charge in [0.1, 0.15) is 0 Å². The topological polar surface area (TPSA) is 58.7 Å². The summed E-state index contributed by atoms with van der Waals surface area (Å²) >= 11 is 0. The molecule has 0 aromatic rings. The molecule has 0 aromatic heterocycles. The van der Waals surface area contributed by atoms with Crippen molar-refractivity contribution in [3.8, 4) is 0 Å². The van der Waals surface area contributed by atoms with Crippen LogP contribution in [0.4, 0.5) is 0 Å². The molecule has 0 fully saturated rings. The number of hydrogen-bond donors (Lipinski definition) is 2. The van der Waals surface area contributed by atoms with Crippen molar-refractivity contribution in [1.82, 2.24) is 4.90 Å². The van der Waals surface area contributed by atoms with Gasteiger partial charge in [0.25, 0.3) is 0 Å².